The molecule has 0 spiro atoms. The van der Waals surface area contributed by atoms with E-state index in [0.717, 1.165) is 62.5 Å². The van der Waals surface area contributed by atoms with Crippen LogP contribution in [0.4, 0.5) is 22.7 Å². The summed E-state index contributed by atoms with van der Waals surface area (Å²) in [5.74, 6) is 0. The normalized spacial score (nSPS) is 16.2. The highest BCUT2D eigenvalue weighted by Crippen LogP contribution is 2.39. The predicted molar refractivity (Wildman–Crippen MR) is 142 cm³/mol. The van der Waals surface area contributed by atoms with Crippen LogP contribution in [0.2, 0.25) is 0 Å². The molecule has 1 aliphatic heterocycles. The van der Waals surface area contributed by atoms with Crippen LogP contribution >= 0.6 is 0 Å². The van der Waals surface area contributed by atoms with Crippen LogP contribution < -0.4 is 5.32 Å². The number of azo groups is 2. The van der Waals surface area contributed by atoms with Gasteiger partial charge in [-0.25, -0.2) is 0 Å². The number of hydrogen-bond donors (Lipinski definition) is 1. The molecule has 0 fully saturated rings. The van der Waals surface area contributed by atoms with Crippen LogP contribution in [0.15, 0.2) is 116 Å². The van der Waals surface area contributed by atoms with Crippen LogP contribution in [-0.2, 0) is 0 Å². The summed E-state index contributed by atoms with van der Waals surface area (Å²) in [7, 11) is 0. The molecule has 4 aromatic rings. The van der Waals surface area contributed by atoms with E-state index < -0.39 is 0 Å². The first-order valence-electron chi connectivity index (χ1n) is 11.7. The molecule has 0 aromatic heterocycles. The molecule has 6 heteroatoms. The molecule has 0 saturated heterocycles. The lowest BCUT2D eigenvalue weighted by Crippen LogP contribution is -2.35. The van der Waals surface area contributed by atoms with E-state index in [1.165, 1.54) is 0 Å². The zero-order chi connectivity index (χ0) is 23.8. The Labute approximate surface area is 203 Å². The molecule has 0 bridgehead atoms. The zero-order valence-corrected chi connectivity index (χ0v) is 19.6. The molecular weight excluding hydrogens is 432 g/mol. The summed E-state index contributed by atoms with van der Waals surface area (Å²) in [6.45, 7) is 4.17. The Hall–Kier alpha value is -4.45. The zero-order valence-electron chi connectivity index (χ0n) is 19.6. The van der Waals surface area contributed by atoms with Crippen LogP contribution in [0.25, 0.3) is 16.5 Å². The molecule has 4 aromatic carbocycles. The number of rotatable bonds is 4. The van der Waals surface area contributed by atoms with Gasteiger partial charge in [0.15, 0.2) is 0 Å². The van der Waals surface area contributed by atoms with Crippen LogP contribution in [0, 0.1) is 0 Å². The van der Waals surface area contributed by atoms with Crippen LogP contribution in [0.3, 0.4) is 0 Å². The lowest BCUT2D eigenvalue weighted by molar-refractivity contribution is 0.594. The minimum absolute atomic E-state index is 0.313. The molecule has 170 valence electrons. The SMILES string of the molecule is CC1(C)N=C2CC=C(/N=N/c3ccc(/N=N/c4ccccc4)c4ccccc34)c3cccc(c32)N1. The Morgan fingerprint density at radius 3 is 2.14 bits per heavy atom. The van der Waals surface area contributed by atoms with E-state index in [1.807, 2.05) is 66.7 Å². The number of nitrogens with zero attached hydrogens (tertiary/aromatic N) is 5. The van der Waals surface area contributed by atoms with Crippen molar-refractivity contribution in [1.29, 1.82) is 0 Å². The summed E-state index contributed by atoms with van der Waals surface area (Å²) in [6, 6.07) is 27.9. The quantitative estimate of drug-likeness (QED) is 0.306. The molecule has 0 atom stereocenters. The number of hydrogen-bond acceptors (Lipinski definition) is 6. The molecule has 0 amide bonds. The fourth-order valence-corrected chi connectivity index (χ4v) is 4.63. The third-order valence-electron chi connectivity index (χ3n) is 6.15. The van der Waals surface area contributed by atoms with E-state index in [0.29, 0.717) is 0 Å². The number of fused-ring (bicyclic) bond motifs is 1. The molecule has 1 heterocycles. The lowest BCUT2D eigenvalue weighted by Gasteiger charge is -2.33. The summed E-state index contributed by atoms with van der Waals surface area (Å²) in [5, 5.41) is 23.7. The molecule has 35 heavy (non-hydrogen) atoms. The first-order valence-corrected chi connectivity index (χ1v) is 11.7. The average molecular weight is 457 g/mol. The largest absolute Gasteiger partial charge is 0.361 e. The maximum Gasteiger partial charge on any atom is 0.124 e. The predicted octanol–water partition coefficient (Wildman–Crippen LogP) is 8.73. The third kappa shape index (κ3) is 4.04. The molecule has 6 rings (SSSR count). The van der Waals surface area contributed by atoms with Gasteiger partial charge in [-0.05, 0) is 44.2 Å². The number of benzene rings is 4. The first-order chi connectivity index (χ1) is 17.1. The minimum atomic E-state index is -0.313. The van der Waals surface area contributed by atoms with Crippen LogP contribution in [0.5, 0.6) is 0 Å². The van der Waals surface area contributed by atoms with Crippen LogP contribution in [-0.4, -0.2) is 11.4 Å². The van der Waals surface area contributed by atoms with Crippen molar-refractivity contribution in [3.8, 4) is 0 Å². The summed E-state index contributed by atoms with van der Waals surface area (Å²) in [4.78, 5) is 4.90. The molecule has 1 aliphatic carbocycles. The molecule has 0 radical (unpaired) electrons. The van der Waals surface area contributed by atoms with Gasteiger partial charge in [-0.15, -0.1) is 10.2 Å². The molecule has 0 saturated carbocycles. The number of anilines is 1. The van der Waals surface area contributed by atoms with Gasteiger partial charge in [-0.1, -0.05) is 60.7 Å². The van der Waals surface area contributed by atoms with Crippen molar-refractivity contribution in [3.05, 3.63) is 102 Å². The van der Waals surface area contributed by atoms with Crippen molar-refractivity contribution in [2.75, 3.05) is 5.32 Å². The second kappa shape index (κ2) is 8.40. The van der Waals surface area contributed by atoms with E-state index in [1.54, 1.807) is 0 Å². The van der Waals surface area contributed by atoms with Gasteiger partial charge in [0.1, 0.15) is 5.66 Å². The summed E-state index contributed by atoms with van der Waals surface area (Å²) >= 11 is 0. The Morgan fingerprint density at radius 1 is 0.714 bits per heavy atom. The number of aliphatic imine (C=N–C) groups is 1. The van der Waals surface area contributed by atoms with E-state index in [4.69, 9.17) is 4.99 Å². The Kier molecular flexibility index (Phi) is 5.07. The monoisotopic (exact) mass is 456 g/mol. The Morgan fingerprint density at radius 2 is 1.40 bits per heavy atom. The molecule has 0 unspecified atom stereocenters. The maximum atomic E-state index is 4.90. The Balaban J connectivity index is 1.36. The average Bonchev–Trinajstić information content (AvgIpc) is 2.87. The van der Waals surface area contributed by atoms with Crippen molar-refractivity contribution >= 4 is 44.9 Å². The third-order valence-corrected chi connectivity index (χ3v) is 6.15. The lowest BCUT2D eigenvalue weighted by atomic mass is 9.89. The summed E-state index contributed by atoms with van der Waals surface area (Å²) < 4.78 is 0. The smallest absolute Gasteiger partial charge is 0.124 e. The van der Waals surface area contributed by atoms with Crippen molar-refractivity contribution in [1.82, 2.24) is 0 Å². The van der Waals surface area contributed by atoms with Gasteiger partial charge in [0.05, 0.1) is 28.5 Å². The van der Waals surface area contributed by atoms with Gasteiger partial charge >= 0.3 is 0 Å². The van der Waals surface area contributed by atoms with Gasteiger partial charge in [-0.3, -0.25) is 4.99 Å². The molecular formula is C29H24N6. The van der Waals surface area contributed by atoms with Gasteiger partial charge in [-0.2, -0.15) is 10.2 Å². The first kappa shape index (κ1) is 21.1. The van der Waals surface area contributed by atoms with Crippen molar-refractivity contribution in [2.24, 2.45) is 25.4 Å². The van der Waals surface area contributed by atoms with Crippen molar-refractivity contribution in [3.63, 3.8) is 0 Å². The summed E-state index contributed by atoms with van der Waals surface area (Å²) in [6.07, 6.45) is 2.85. The van der Waals surface area contributed by atoms with Gasteiger partial charge in [0.25, 0.3) is 0 Å². The highest BCUT2D eigenvalue weighted by Gasteiger charge is 2.30. The number of allylic oxidation sites excluding steroid dienone is 1. The maximum absolute atomic E-state index is 4.90. The van der Waals surface area contributed by atoms with Gasteiger partial charge in [0, 0.05) is 34.0 Å². The second-order valence-electron chi connectivity index (χ2n) is 9.15. The highest BCUT2D eigenvalue weighted by atomic mass is 15.2. The minimum Gasteiger partial charge on any atom is -0.361 e. The van der Waals surface area contributed by atoms with Gasteiger partial charge in [0.2, 0.25) is 0 Å². The summed E-state index contributed by atoms with van der Waals surface area (Å²) in [5.41, 5.74) is 7.33. The molecule has 1 N–H and O–H groups in total. The van der Waals surface area contributed by atoms with E-state index in [2.05, 4.69) is 63.9 Å². The highest BCUT2D eigenvalue weighted by molar-refractivity contribution is 6.13. The standard InChI is InChI=1S/C29H24N6/c1-29(2)30-26-14-8-13-22-25(17-18-27(31-29)28(22)26)35-34-24-16-15-23(20-11-6-7-12-21(20)24)33-32-19-9-4-3-5-10-19/h3-17,30H,18H2,1-2H3/b33-32+,35-34+. The van der Waals surface area contributed by atoms with Crippen LogP contribution in [0.1, 0.15) is 31.4 Å². The van der Waals surface area contributed by atoms with Crippen molar-refractivity contribution < 1.29 is 0 Å². The second-order valence-corrected chi connectivity index (χ2v) is 9.15. The molecule has 2 aliphatic rings. The van der Waals surface area contributed by atoms with Gasteiger partial charge < -0.3 is 5.32 Å². The van der Waals surface area contributed by atoms with E-state index >= 15 is 0 Å². The Bertz CT molecular complexity index is 1560. The van der Waals surface area contributed by atoms with Crippen molar-refractivity contribution in [2.45, 2.75) is 25.9 Å². The van der Waals surface area contributed by atoms with E-state index in [-0.39, 0.29) is 5.66 Å². The molecule has 6 nitrogen and oxygen atoms in total. The van der Waals surface area contributed by atoms with E-state index in [9.17, 15) is 0 Å². The number of nitrogens with one attached hydrogen (secondary N) is 1. The fraction of sp³-hybridized carbons (Fsp3) is 0.138. The fourth-order valence-electron chi connectivity index (χ4n) is 4.63. The topological polar surface area (TPSA) is 73.8 Å².